The van der Waals surface area contributed by atoms with Gasteiger partial charge >= 0.3 is 0 Å². The van der Waals surface area contributed by atoms with Crippen molar-refractivity contribution in [1.82, 2.24) is 15.2 Å². The van der Waals surface area contributed by atoms with E-state index in [4.69, 9.17) is 9.05 Å². The number of amides is 1. The Labute approximate surface area is 143 Å². The van der Waals surface area contributed by atoms with Crippen molar-refractivity contribution in [1.29, 1.82) is 0 Å². The lowest BCUT2D eigenvalue weighted by Crippen LogP contribution is -2.30. The highest BCUT2D eigenvalue weighted by atomic mass is 19.1. The number of aryl methyl sites for hydroxylation is 1. The standard InChI is InChI=1S/C18H16FN3O3/c1-11-9-15(21-24-11)16-3-2-8-22(16)18(23)17-10-14(20-25-17)12-4-6-13(19)7-5-12/h4-7,9-10,16H,2-3,8H2,1H3. The van der Waals surface area contributed by atoms with Gasteiger partial charge in [0, 0.05) is 24.2 Å². The average molecular weight is 341 g/mol. The van der Waals surface area contributed by atoms with Crippen LogP contribution in [-0.2, 0) is 0 Å². The first-order valence-electron chi connectivity index (χ1n) is 8.08. The fourth-order valence-electron chi connectivity index (χ4n) is 3.13. The Kier molecular flexibility index (Phi) is 3.83. The fourth-order valence-corrected chi connectivity index (χ4v) is 3.13. The summed E-state index contributed by atoms with van der Waals surface area (Å²) in [6, 6.07) is 9.18. The number of nitrogens with zero attached hydrogens (tertiary/aromatic N) is 3. The topological polar surface area (TPSA) is 72.4 Å². The molecule has 3 aromatic rings. The van der Waals surface area contributed by atoms with Crippen molar-refractivity contribution in [3.8, 4) is 11.3 Å². The Morgan fingerprint density at radius 3 is 2.72 bits per heavy atom. The molecule has 1 aliphatic rings. The van der Waals surface area contributed by atoms with Crippen LogP contribution in [0.5, 0.6) is 0 Å². The zero-order valence-electron chi connectivity index (χ0n) is 13.6. The molecule has 1 saturated heterocycles. The van der Waals surface area contributed by atoms with Crippen molar-refractivity contribution in [2.75, 3.05) is 6.54 Å². The second kappa shape index (κ2) is 6.16. The van der Waals surface area contributed by atoms with Gasteiger partial charge in [0.1, 0.15) is 23.0 Å². The van der Waals surface area contributed by atoms with Crippen LogP contribution in [0.4, 0.5) is 4.39 Å². The van der Waals surface area contributed by atoms with E-state index < -0.39 is 0 Å². The highest BCUT2D eigenvalue weighted by Gasteiger charge is 2.34. The van der Waals surface area contributed by atoms with Crippen molar-refractivity contribution in [3.63, 3.8) is 0 Å². The molecule has 128 valence electrons. The van der Waals surface area contributed by atoms with Gasteiger partial charge in [-0.15, -0.1) is 0 Å². The van der Waals surface area contributed by atoms with Gasteiger partial charge in [-0.3, -0.25) is 4.79 Å². The lowest BCUT2D eigenvalue weighted by atomic mass is 10.1. The second-order valence-electron chi connectivity index (χ2n) is 6.10. The molecule has 4 rings (SSSR count). The maximum atomic E-state index is 13.0. The summed E-state index contributed by atoms with van der Waals surface area (Å²) in [5.74, 6) is 0.314. The first-order valence-corrected chi connectivity index (χ1v) is 8.08. The van der Waals surface area contributed by atoms with Gasteiger partial charge in [-0.05, 0) is 44.0 Å². The Hall–Kier alpha value is -2.96. The third kappa shape index (κ3) is 2.93. The van der Waals surface area contributed by atoms with Crippen LogP contribution in [0.1, 0.15) is 40.9 Å². The number of aromatic nitrogens is 2. The zero-order valence-corrected chi connectivity index (χ0v) is 13.6. The van der Waals surface area contributed by atoms with E-state index in [1.807, 2.05) is 13.0 Å². The smallest absolute Gasteiger partial charge is 0.293 e. The molecule has 0 N–H and O–H groups in total. The summed E-state index contributed by atoms with van der Waals surface area (Å²) in [4.78, 5) is 14.5. The van der Waals surface area contributed by atoms with E-state index in [-0.39, 0.29) is 23.5 Å². The maximum Gasteiger partial charge on any atom is 0.293 e. The Bertz CT molecular complexity index is 900. The summed E-state index contributed by atoms with van der Waals surface area (Å²) in [6.45, 7) is 2.45. The molecule has 0 radical (unpaired) electrons. The molecule has 0 spiro atoms. The number of likely N-dealkylation sites (tertiary alicyclic amines) is 1. The predicted molar refractivity (Wildman–Crippen MR) is 86.1 cm³/mol. The number of halogens is 1. The maximum absolute atomic E-state index is 13.0. The fraction of sp³-hybridized carbons (Fsp3) is 0.278. The normalized spacial score (nSPS) is 17.2. The highest BCUT2D eigenvalue weighted by molar-refractivity contribution is 5.92. The van der Waals surface area contributed by atoms with Gasteiger partial charge in [0.25, 0.3) is 5.91 Å². The molecule has 1 fully saturated rings. The van der Waals surface area contributed by atoms with E-state index in [1.54, 1.807) is 23.1 Å². The molecule has 2 aromatic heterocycles. The third-order valence-electron chi connectivity index (χ3n) is 4.36. The summed E-state index contributed by atoms with van der Waals surface area (Å²) < 4.78 is 23.4. The van der Waals surface area contributed by atoms with Gasteiger partial charge in [-0.2, -0.15) is 0 Å². The van der Waals surface area contributed by atoms with Gasteiger partial charge in [-0.25, -0.2) is 4.39 Å². The minimum absolute atomic E-state index is 0.121. The minimum Gasteiger partial charge on any atom is -0.361 e. The highest BCUT2D eigenvalue weighted by Crippen LogP contribution is 2.33. The van der Waals surface area contributed by atoms with Crippen LogP contribution in [0, 0.1) is 12.7 Å². The Morgan fingerprint density at radius 2 is 2.00 bits per heavy atom. The summed E-state index contributed by atoms with van der Waals surface area (Å²) in [6.07, 6.45) is 1.72. The summed E-state index contributed by atoms with van der Waals surface area (Å²) in [7, 11) is 0. The quantitative estimate of drug-likeness (QED) is 0.725. The number of carbonyl (C=O) groups excluding carboxylic acids is 1. The van der Waals surface area contributed by atoms with E-state index in [0.29, 0.717) is 23.6 Å². The van der Waals surface area contributed by atoms with E-state index in [9.17, 15) is 9.18 Å². The number of carbonyl (C=O) groups is 1. The van der Waals surface area contributed by atoms with E-state index >= 15 is 0 Å². The molecule has 7 heteroatoms. The number of hydrogen-bond donors (Lipinski definition) is 0. The van der Waals surface area contributed by atoms with E-state index in [2.05, 4.69) is 10.3 Å². The van der Waals surface area contributed by atoms with Crippen molar-refractivity contribution in [2.24, 2.45) is 0 Å². The Morgan fingerprint density at radius 1 is 1.20 bits per heavy atom. The van der Waals surface area contributed by atoms with Crippen molar-refractivity contribution in [3.05, 3.63) is 59.4 Å². The van der Waals surface area contributed by atoms with Crippen LogP contribution in [0.2, 0.25) is 0 Å². The first kappa shape index (κ1) is 15.6. The summed E-state index contributed by atoms with van der Waals surface area (Å²) in [5.41, 5.74) is 1.94. The molecule has 1 amide bonds. The largest absolute Gasteiger partial charge is 0.361 e. The van der Waals surface area contributed by atoms with E-state index in [0.717, 1.165) is 18.5 Å². The number of hydrogen-bond acceptors (Lipinski definition) is 5. The van der Waals surface area contributed by atoms with Gasteiger partial charge in [0.15, 0.2) is 0 Å². The van der Waals surface area contributed by atoms with Crippen LogP contribution >= 0.6 is 0 Å². The Balaban J connectivity index is 1.57. The van der Waals surface area contributed by atoms with Crippen molar-refractivity contribution < 1.29 is 18.2 Å². The monoisotopic (exact) mass is 341 g/mol. The minimum atomic E-state index is -0.327. The second-order valence-corrected chi connectivity index (χ2v) is 6.10. The molecule has 1 aliphatic heterocycles. The summed E-state index contributed by atoms with van der Waals surface area (Å²) >= 11 is 0. The predicted octanol–water partition coefficient (Wildman–Crippen LogP) is 3.75. The first-order chi connectivity index (χ1) is 12.1. The molecular formula is C18H16FN3O3. The van der Waals surface area contributed by atoms with Crippen LogP contribution < -0.4 is 0 Å². The number of benzene rings is 1. The van der Waals surface area contributed by atoms with Crippen LogP contribution in [0.15, 0.2) is 45.4 Å². The molecule has 0 bridgehead atoms. The zero-order chi connectivity index (χ0) is 17.4. The average Bonchev–Trinajstić information content (AvgIpc) is 3.35. The van der Waals surface area contributed by atoms with E-state index in [1.165, 1.54) is 12.1 Å². The molecular weight excluding hydrogens is 325 g/mol. The van der Waals surface area contributed by atoms with Crippen LogP contribution in [0.3, 0.4) is 0 Å². The molecule has 3 heterocycles. The van der Waals surface area contributed by atoms with Gasteiger partial charge < -0.3 is 13.9 Å². The molecule has 0 aliphatic carbocycles. The van der Waals surface area contributed by atoms with Gasteiger partial charge in [0.05, 0.1) is 6.04 Å². The molecule has 0 saturated carbocycles. The lowest BCUT2D eigenvalue weighted by molar-refractivity contribution is 0.0688. The molecule has 6 nitrogen and oxygen atoms in total. The summed E-state index contributed by atoms with van der Waals surface area (Å²) in [5, 5.41) is 7.97. The van der Waals surface area contributed by atoms with Crippen LogP contribution in [-0.4, -0.2) is 27.7 Å². The van der Waals surface area contributed by atoms with Gasteiger partial charge in [-0.1, -0.05) is 10.3 Å². The lowest BCUT2D eigenvalue weighted by Gasteiger charge is -2.21. The van der Waals surface area contributed by atoms with Crippen molar-refractivity contribution >= 4 is 5.91 Å². The van der Waals surface area contributed by atoms with Crippen molar-refractivity contribution in [2.45, 2.75) is 25.8 Å². The molecule has 1 aromatic carbocycles. The third-order valence-corrected chi connectivity index (χ3v) is 4.36. The number of rotatable bonds is 3. The SMILES string of the molecule is Cc1cc(C2CCCN2C(=O)c2cc(-c3ccc(F)cc3)no2)no1. The van der Waals surface area contributed by atoms with Gasteiger partial charge in [0.2, 0.25) is 5.76 Å². The van der Waals surface area contributed by atoms with Crippen LogP contribution in [0.25, 0.3) is 11.3 Å². The molecule has 1 unspecified atom stereocenters. The molecule has 25 heavy (non-hydrogen) atoms. The molecule has 1 atom stereocenters.